The molecule has 0 saturated carbocycles. The minimum absolute atomic E-state index is 0. The van der Waals surface area contributed by atoms with Crippen LogP contribution in [0.25, 0.3) is 0 Å². The predicted octanol–water partition coefficient (Wildman–Crippen LogP) is -0.0463. The molecule has 3 heteroatoms. The molecule has 0 aromatic carbocycles. The van der Waals surface area contributed by atoms with Crippen molar-refractivity contribution >= 4 is 5.78 Å². The summed E-state index contributed by atoms with van der Waals surface area (Å²) in [6.07, 6.45) is -0.787. The average Bonchev–Trinajstić information content (AvgIpc) is 1.36. The van der Waals surface area contributed by atoms with Crippen molar-refractivity contribution in [1.29, 1.82) is 0 Å². The predicted molar refractivity (Wildman–Crippen MR) is 22.4 cm³/mol. The van der Waals surface area contributed by atoms with Gasteiger partial charge in [-0.05, 0) is 13.8 Å². The zero-order valence-electron chi connectivity index (χ0n) is 4.23. The Balaban J connectivity index is 0. The van der Waals surface area contributed by atoms with Crippen molar-refractivity contribution in [3.63, 3.8) is 0 Å². The SMILES string of the molecule is CC(=O)C(C)O.[Cu]. The van der Waals surface area contributed by atoms with Crippen molar-refractivity contribution in [1.82, 2.24) is 0 Å². The maximum atomic E-state index is 9.89. The molecule has 0 bridgehead atoms. The third-order valence-electron chi connectivity index (χ3n) is 0.588. The van der Waals surface area contributed by atoms with E-state index in [0.717, 1.165) is 0 Å². The van der Waals surface area contributed by atoms with E-state index in [9.17, 15) is 4.79 Å². The van der Waals surface area contributed by atoms with Gasteiger partial charge in [-0.25, -0.2) is 0 Å². The summed E-state index contributed by atoms with van der Waals surface area (Å²) in [5.74, 6) is -0.185. The second-order valence-electron chi connectivity index (χ2n) is 1.29. The summed E-state index contributed by atoms with van der Waals surface area (Å²) in [5.41, 5.74) is 0. The number of hydrogen-bond donors (Lipinski definition) is 1. The maximum absolute atomic E-state index is 9.89. The third-order valence-corrected chi connectivity index (χ3v) is 0.588. The first-order chi connectivity index (χ1) is 2.64. The monoisotopic (exact) mass is 151 g/mol. The van der Waals surface area contributed by atoms with Gasteiger partial charge in [0.15, 0.2) is 5.78 Å². The van der Waals surface area contributed by atoms with E-state index in [0.29, 0.717) is 0 Å². The molecule has 1 atom stereocenters. The standard InChI is InChI=1S/C4H8O2.Cu/c1-3(5)4(2)6;/h3,5H,1-2H3;. The van der Waals surface area contributed by atoms with Crippen molar-refractivity contribution in [2.24, 2.45) is 0 Å². The van der Waals surface area contributed by atoms with Crippen LogP contribution < -0.4 is 0 Å². The first-order valence-electron chi connectivity index (χ1n) is 1.83. The van der Waals surface area contributed by atoms with Crippen molar-refractivity contribution in [3.05, 3.63) is 0 Å². The number of aliphatic hydroxyl groups is 1. The molecule has 1 unspecified atom stereocenters. The van der Waals surface area contributed by atoms with Gasteiger partial charge in [-0.1, -0.05) is 0 Å². The van der Waals surface area contributed by atoms with Crippen LogP contribution in [-0.2, 0) is 21.9 Å². The average molecular weight is 152 g/mol. The molecule has 47 valence electrons. The maximum Gasteiger partial charge on any atom is 0.157 e. The molecule has 0 saturated heterocycles. The van der Waals surface area contributed by atoms with E-state index in [4.69, 9.17) is 5.11 Å². The number of Topliss-reactive ketones (excluding diaryl/α,β-unsaturated/α-hetero) is 1. The van der Waals surface area contributed by atoms with Gasteiger partial charge in [0.05, 0.1) is 0 Å². The summed E-state index contributed by atoms with van der Waals surface area (Å²) in [4.78, 5) is 9.89. The summed E-state index contributed by atoms with van der Waals surface area (Å²) < 4.78 is 0. The van der Waals surface area contributed by atoms with E-state index >= 15 is 0 Å². The zero-order chi connectivity index (χ0) is 5.15. The van der Waals surface area contributed by atoms with Gasteiger partial charge in [-0.3, -0.25) is 4.79 Å². The van der Waals surface area contributed by atoms with E-state index in [1.54, 1.807) is 0 Å². The molecule has 0 aromatic heterocycles. The quantitative estimate of drug-likeness (QED) is 0.534. The molecular formula is C4H8CuO2. The molecule has 0 spiro atoms. The Morgan fingerprint density at radius 3 is 1.86 bits per heavy atom. The Bertz CT molecular complexity index is 60.7. The van der Waals surface area contributed by atoms with Gasteiger partial charge >= 0.3 is 0 Å². The van der Waals surface area contributed by atoms with Crippen LogP contribution in [0.15, 0.2) is 0 Å². The summed E-state index contributed by atoms with van der Waals surface area (Å²) in [6, 6.07) is 0. The number of rotatable bonds is 1. The van der Waals surface area contributed by atoms with Gasteiger partial charge in [-0.15, -0.1) is 0 Å². The second-order valence-corrected chi connectivity index (χ2v) is 1.29. The number of carbonyl (C=O) groups excluding carboxylic acids is 1. The molecule has 0 fully saturated rings. The summed E-state index contributed by atoms with van der Waals surface area (Å²) in [7, 11) is 0. The first kappa shape index (κ1) is 10.2. The van der Waals surface area contributed by atoms with Crippen molar-refractivity contribution in [3.8, 4) is 0 Å². The van der Waals surface area contributed by atoms with E-state index in [-0.39, 0.29) is 22.9 Å². The van der Waals surface area contributed by atoms with Gasteiger partial charge in [0.25, 0.3) is 0 Å². The van der Waals surface area contributed by atoms with Gasteiger partial charge < -0.3 is 5.11 Å². The Hall–Kier alpha value is 0.149. The van der Waals surface area contributed by atoms with Crippen LogP contribution in [0, 0.1) is 0 Å². The van der Waals surface area contributed by atoms with E-state index in [1.165, 1.54) is 13.8 Å². The smallest absolute Gasteiger partial charge is 0.157 e. The molecule has 0 heterocycles. The summed E-state index contributed by atoms with van der Waals surface area (Å²) >= 11 is 0. The van der Waals surface area contributed by atoms with Crippen LogP contribution in [0.4, 0.5) is 0 Å². The first-order valence-corrected chi connectivity index (χ1v) is 1.83. The van der Waals surface area contributed by atoms with Crippen LogP contribution in [0.3, 0.4) is 0 Å². The number of aliphatic hydroxyl groups excluding tert-OH is 1. The number of hydrogen-bond acceptors (Lipinski definition) is 2. The van der Waals surface area contributed by atoms with Crippen LogP contribution in [-0.4, -0.2) is 17.0 Å². The number of ketones is 1. The van der Waals surface area contributed by atoms with E-state index in [2.05, 4.69) is 0 Å². The molecule has 0 aliphatic heterocycles. The molecule has 2 nitrogen and oxygen atoms in total. The number of carbonyl (C=O) groups is 1. The molecule has 7 heavy (non-hydrogen) atoms. The largest absolute Gasteiger partial charge is 0.386 e. The van der Waals surface area contributed by atoms with Crippen LogP contribution >= 0.6 is 0 Å². The van der Waals surface area contributed by atoms with E-state index in [1.807, 2.05) is 0 Å². The molecule has 0 aliphatic rings. The molecular weight excluding hydrogens is 144 g/mol. The zero-order valence-corrected chi connectivity index (χ0v) is 5.18. The normalized spacial score (nSPS) is 11.9. The topological polar surface area (TPSA) is 37.3 Å². The molecule has 0 rings (SSSR count). The van der Waals surface area contributed by atoms with Gasteiger partial charge in [0.2, 0.25) is 0 Å². The fourth-order valence-electron chi connectivity index (χ4n) is 0. The molecule has 0 amide bonds. The summed E-state index contributed by atoms with van der Waals surface area (Å²) in [5, 5.41) is 8.28. The molecule has 1 radical (unpaired) electrons. The Kier molecular flexibility index (Phi) is 6.28. The van der Waals surface area contributed by atoms with E-state index < -0.39 is 6.10 Å². The minimum atomic E-state index is -0.787. The molecule has 0 aromatic rings. The summed E-state index contributed by atoms with van der Waals surface area (Å²) in [6.45, 7) is 2.80. The van der Waals surface area contributed by atoms with Crippen LogP contribution in [0.1, 0.15) is 13.8 Å². The van der Waals surface area contributed by atoms with Gasteiger partial charge in [0, 0.05) is 17.1 Å². The van der Waals surface area contributed by atoms with Crippen molar-refractivity contribution < 1.29 is 27.0 Å². The van der Waals surface area contributed by atoms with Gasteiger partial charge in [0.1, 0.15) is 6.10 Å². The van der Waals surface area contributed by atoms with Crippen LogP contribution in [0.5, 0.6) is 0 Å². The van der Waals surface area contributed by atoms with Crippen molar-refractivity contribution in [2.75, 3.05) is 0 Å². The minimum Gasteiger partial charge on any atom is -0.386 e. The fraction of sp³-hybridized carbons (Fsp3) is 0.750. The Morgan fingerprint density at radius 2 is 1.86 bits per heavy atom. The Labute approximate surface area is 53.4 Å². The fourth-order valence-corrected chi connectivity index (χ4v) is 0. The molecule has 1 N–H and O–H groups in total. The third kappa shape index (κ3) is 6.15. The second kappa shape index (κ2) is 4.31. The van der Waals surface area contributed by atoms with Crippen LogP contribution in [0.2, 0.25) is 0 Å². The van der Waals surface area contributed by atoms with Crippen molar-refractivity contribution in [2.45, 2.75) is 20.0 Å². The molecule has 0 aliphatic carbocycles. The Morgan fingerprint density at radius 1 is 1.71 bits per heavy atom. The van der Waals surface area contributed by atoms with Gasteiger partial charge in [-0.2, -0.15) is 0 Å².